The van der Waals surface area contributed by atoms with Crippen molar-refractivity contribution in [1.29, 1.82) is 0 Å². The predicted molar refractivity (Wildman–Crippen MR) is 53.1 cm³/mol. The third-order valence-corrected chi connectivity index (χ3v) is 2.67. The number of halogens is 1. The van der Waals surface area contributed by atoms with Gasteiger partial charge in [0.15, 0.2) is 0 Å². The molecule has 0 saturated carbocycles. The first kappa shape index (κ1) is 9.98. The first-order chi connectivity index (χ1) is 6.11. The van der Waals surface area contributed by atoms with Gasteiger partial charge < -0.3 is 11.1 Å². The van der Waals surface area contributed by atoms with Gasteiger partial charge in [-0.1, -0.05) is 0 Å². The minimum Gasteiger partial charge on any atom is -0.352 e. The fourth-order valence-electron chi connectivity index (χ4n) is 0.891. The predicted octanol–water partition coefficient (Wildman–Crippen LogP) is 1.32. The van der Waals surface area contributed by atoms with E-state index in [0.717, 1.165) is 15.7 Å². The average Bonchev–Trinajstić information content (AvgIpc) is 2.07. The van der Waals surface area contributed by atoms with Crippen LogP contribution in [0, 0.1) is 6.92 Å². The second-order valence-electron chi connectivity index (χ2n) is 2.61. The fourth-order valence-corrected chi connectivity index (χ4v) is 1.27. The van der Waals surface area contributed by atoms with Crippen molar-refractivity contribution < 1.29 is 4.79 Å². The molecule has 1 rings (SSSR count). The number of primary amides is 1. The molecule has 0 unspecified atom stereocenters. The van der Waals surface area contributed by atoms with Gasteiger partial charge >= 0.3 is 6.03 Å². The van der Waals surface area contributed by atoms with E-state index in [1.807, 2.05) is 13.0 Å². The summed E-state index contributed by atoms with van der Waals surface area (Å²) < 4.78 is 0.906. The molecule has 3 N–H and O–H groups in total. The second kappa shape index (κ2) is 4.23. The van der Waals surface area contributed by atoms with E-state index in [1.165, 1.54) is 0 Å². The zero-order chi connectivity index (χ0) is 9.84. The zero-order valence-electron chi connectivity index (χ0n) is 7.17. The van der Waals surface area contributed by atoms with Gasteiger partial charge in [0.1, 0.15) is 0 Å². The molecule has 1 heterocycles. The van der Waals surface area contributed by atoms with Crippen LogP contribution in [0.2, 0.25) is 0 Å². The number of nitrogens with two attached hydrogens (primary N) is 1. The molecule has 1 aromatic rings. The van der Waals surface area contributed by atoms with Crippen LogP contribution in [0.4, 0.5) is 4.79 Å². The first-order valence-electron chi connectivity index (χ1n) is 3.74. The van der Waals surface area contributed by atoms with E-state index < -0.39 is 6.03 Å². The molecule has 0 radical (unpaired) electrons. The van der Waals surface area contributed by atoms with Crippen molar-refractivity contribution in [2.75, 3.05) is 0 Å². The molecule has 4 nitrogen and oxygen atoms in total. The highest BCUT2D eigenvalue weighted by molar-refractivity contribution is 9.10. The Hall–Kier alpha value is -1.10. The number of hydrogen-bond donors (Lipinski definition) is 2. The van der Waals surface area contributed by atoms with Crippen LogP contribution >= 0.6 is 15.9 Å². The van der Waals surface area contributed by atoms with E-state index in [4.69, 9.17) is 5.73 Å². The molecule has 5 heteroatoms. The molecule has 0 aromatic carbocycles. The summed E-state index contributed by atoms with van der Waals surface area (Å²) >= 11 is 3.38. The average molecular weight is 244 g/mol. The summed E-state index contributed by atoms with van der Waals surface area (Å²) in [6.45, 7) is 2.30. The Kier molecular flexibility index (Phi) is 3.25. The number of nitrogens with one attached hydrogen (secondary N) is 1. The highest BCUT2D eigenvalue weighted by atomic mass is 79.9. The van der Waals surface area contributed by atoms with Gasteiger partial charge in [-0.15, -0.1) is 0 Å². The SMILES string of the molecule is Cc1ccnc(CNC(N)=O)c1Br. The molecule has 0 atom stereocenters. The largest absolute Gasteiger partial charge is 0.352 e. The van der Waals surface area contributed by atoms with Crippen LogP contribution in [0.1, 0.15) is 11.3 Å². The van der Waals surface area contributed by atoms with E-state index in [1.54, 1.807) is 6.20 Å². The molecule has 0 aliphatic carbocycles. The number of carbonyl (C=O) groups is 1. The highest BCUT2D eigenvalue weighted by Crippen LogP contribution is 2.18. The third kappa shape index (κ3) is 2.69. The molecule has 0 saturated heterocycles. The Balaban J connectivity index is 2.77. The highest BCUT2D eigenvalue weighted by Gasteiger charge is 2.03. The maximum Gasteiger partial charge on any atom is 0.312 e. The number of aryl methyl sites for hydroxylation is 1. The summed E-state index contributed by atoms with van der Waals surface area (Å²) in [6, 6.07) is 1.34. The number of rotatable bonds is 2. The van der Waals surface area contributed by atoms with Crippen molar-refractivity contribution in [3.05, 3.63) is 28.0 Å². The number of pyridine rings is 1. The van der Waals surface area contributed by atoms with Crippen molar-refractivity contribution in [2.24, 2.45) is 5.73 Å². The minimum atomic E-state index is -0.546. The van der Waals surface area contributed by atoms with Crippen LogP contribution in [0.15, 0.2) is 16.7 Å². The van der Waals surface area contributed by atoms with Gasteiger partial charge in [0.2, 0.25) is 0 Å². The van der Waals surface area contributed by atoms with Crippen LogP contribution in [0.5, 0.6) is 0 Å². The van der Waals surface area contributed by atoms with E-state index in [-0.39, 0.29) is 0 Å². The lowest BCUT2D eigenvalue weighted by Gasteiger charge is -2.05. The summed E-state index contributed by atoms with van der Waals surface area (Å²) in [5.41, 5.74) is 6.79. The molecule has 2 amide bonds. The lowest BCUT2D eigenvalue weighted by atomic mass is 10.2. The summed E-state index contributed by atoms with van der Waals surface area (Å²) in [5, 5.41) is 2.48. The van der Waals surface area contributed by atoms with Crippen LogP contribution in [0.3, 0.4) is 0 Å². The van der Waals surface area contributed by atoms with Crippen LogP contribution in [-0.4, -0.2) is 11.0 Å². The lowest BCUT2D eigenvalue weighted by Crippen LogP contribution is -2.29. The van der Waals surface area contributed by atoms with Gasteiger partial charge in [-0.25, -0.2) is 4.79 Å². The van der Waals surface area contributed by atoms with E-state index in [0.29, 0.717) is 6.54 Å². The minimum absolute atomic E-state index is 0.345. The number of nitrogens with zero attached hydrogens (tertiary/aromatic N) is 1. The zero-order valence-corrected chi connectivity index (χ0v) is 8.76. The number of carbonyl (C=O) groups excluding carboxylic acids is 1. The Morgan fingerprint density at radius 3 is 3.08 bits per heavy atom. The van der Waals surface area contributed by atoms with Gasteiger partial charge in [-0.2, -0.15) is 0 Å². The maximum atomic E-state index is 10.4. The molecular weight excluding hydrogens is 234 g/mol. The lowest BCUT2D eigenvalue weighted by molar-refractivity contribution is 0.248. The maximum absolute atomic E-state index is 10.4. The van der Waals surface area contributed by atoms with Crippen LogP contribution in [-0.2, 0) is 6.54 Å². The molecular formula is C8H10BrN3O. The molecule has 13 heavy (non-hydrogen) atoms. The van der Waals surface area contributed by atoms with E-state index in [9.17, 15) is 4.79 Å². The van der Waals surface area contributed by atoms with Gasteiger partial charge in [0.05, 0.1) is 12.2 Å². The standard InChI is InChI=1S/C8H10BrN3O/c1-5-2-3-11-6(7(5)9)4-12-8(10)13/h2-3H,4H2,1H3,(H3,10,12,13). The number of hydrogen-bond acceptors (Lipinski definition) is 2. The van der Waals surface area contributed by atoms with E-state index in [2.05, 4.69) is 26.2 Å². The monoisotopic (exact) mass is 243 g/mol. The Morgan fingerprint density at radius 1 is 1.77 bits per heavy atom. The van der Waals surface area contributed by atoms with Crippen molar-refractivity contribution in [3.8, 4) is 0 Å². The second-order valence-corrected chi connectivity index (χ2v) is 3.40. The molecule has 70 valence electrons. The molecule has 0 spiro atoms. The molecule has 0 aliphatic rings. The third-order valence-electron chi connectivity index (χ3n) is 1.58. The summed E-state index contributed by atoms with van der Waals surface area (Å²) in [6.07, 6.45) is 1.69. The van der Waals surface area contributed by atoms with Crippen molar-refractivity contribution in [2.45, 2.75) is 13.5 Å². The summed E-state index contributed by atoms with van der Waals surface area (Å²) in [4.78, 5) is 14.5. The quantitative estimate of drug-likeness (QED) is 0.823. The number of aromatic nitrogens is 1. The fraction of sp³-hybridized carbons (Fsp3) is 0.250. The van der Waals surface area contributed by atoms with Gasteiger partial charge in [-0.05, 0) is 34.5 Å². The topological polar surface area (TPSA) is 68.0 Å². The van der Waals surface area contributed by atoms with Gasteiger partial charge in [0.25, 0.3) is 0 Å². The Bertz CT molecular complexity index is 327. The van der Waals surface area contributed by atoms with Gasteiger partial charge in [0, 0.05) is 10.7 Å². The van der Waals surface area contributed by atoms with Crippen LogP contribution in [0.25, 0.3) is 0 Å². The number of amides is 2. The summed E-state index contributed by atoms with van der Waals surface area (Å²) in [5.74, 6) is 0. The van der Waals surface area contributed by atoms with Crippen molar-refractivity contribution >= 4 is 22.0 Å². The molecule has 0 fully saturated rings. The Labute approximate surface area is 84.7 Å². The van der Waals surface area contributed by atoms with E-state index >= 15 is 0 Å². The van der Waals surface area contributed by atoms with Crippen LogP contribution < -0.4 is 11.1 Å². The smallest absolute Gasteiger partial charge is 0.312 e. The molecule has 1 aromatic heterocycles. The number of urea groups is 1. The van der Waals surface area contributed by atoms with Crippen molar-refractivity contribution in [3.63, 3.8) is 0 Å². The Morgan fingerprint density at radius 2 is 2.46 bits per heavy atom. The molecule has 0 aliphatic heterocycles. The van der Waals surface area contributed by atoms with Gasteiger partial charge in [-0.3, -0.25) is 4.98 Å². The first-order valence-corrected chi connectivity index (χ1v) is 4.54. The normalized spacial score (nSPS) is 9.69. The van der Waals surface area contributed by atoms with Crippen molar-refractivity contribution in [1.82, 2.24) is 10.3 Å². The summed E-state index contributed by atoms with van der Waals surface area (Å²) in [7, 11) is 0. The molecule has 0 bridgehead atoms.